The summed E-state index contributed by atoms with van der Waals surface area (Å²) in [5.41, 5.74) is 0.926. The smallest absolute Gasteiger partial charge is 0.280 e. The monoisotopic (exact) mass is 370 g/mol. The fraction of sp³-hybridized carbons (Fsp3) is 0.231. The predicted octanol–water partition coefficient (Wildman–Crippen LogP) is 2.15. The molecule has 0 saturated heterocycles. The molecule has 112 valence electrons. The Labute approximate surface area is 132 Å². The van der Waals surface area contributed by atoms with Crippen LogP contribution in [0, 0.1) is 0 Å². The van der Waals surface area contributed by atoms with Crippen molar-refractivity contribution in [3.05, 3.63) is 46.7 Å². The second kappa shape index (κ2) is 6.97. The lowest BCUT2D eigenvalue weighted by Crippen LogP contribution is -2.16. The lowest BCUT2D eigenvalue weighted by molar-refractivity contribution is 0.597. The standard InChI is InChI=1S/C13H15BrN4O2S/c1-2-15-8-10-5-6-12(17-9-10)21(19,20)18-13-11(14)4-3-7-16-13/h3-7,9,15H,2,8H2,1H3,(H,16,18). The van der Waals surface area contributed by atoms with E-state index in [-0.39, 0.29) is 10.8 Å². The second-order valence-electron chi connectivity index (χ2n) is 4.22. The molecule has 0 saturated carbocycles. The topological polar surface area (TPSA) is 84.0 Å². The summed E-state index contributed by atoms with van der Waals surface area (Å²) >= 11 is 3.24. The van der Waals surface area contributed by atoms with Crippen LogP contribution in [-0.4, -0.2) is 24.9 Å². The number of halogens is 1. The first-order valence-electron chi connectivity index (χ1n) is 6.32. The number of hydrogen-bond acceptors (Lipinski definition) is 5. The molecular weight excluding hydrogens is 356 g/mol. The van der Waals surface area contributed by atoms with Crippen molar-refractivity contribution in [2.45, 2.75) is 18.5 Å². The molecule has 21 heavy (non-hydrogen) atoms. The highest BCUT2D eigenvalue weighted by atomic mass is 79.9. The molecule has 2 aromatic rings. The third-order valence-electron chi connectivity index (χ3n) is 2.64. The number of aromatic nitrogens is 2. The Balaban J connectivity index is 2.18. The Kier molecular flexibility index (Phi) is 5.27. The van der Waals surface area contributed by atoms with Gasteiger partial charge >= 0.3 is 0 Å². The van der Waals surface area contributed by atoms with Crippen LogP contribution in [0.1, 0.15) is 12.5 Å². The molecule has 0 aliphatic rings. The summed E-state index contributed by atoms with van der Waals surface area (Å²) in [6.07, 6.45) is 3.06. The molecule has 0 amide bonds. The molecule has 0 unspecified atom stereocenters. The van der Waals surface area contributed by atoms with Gasteiger partial charge in [0.1, 0.15) is 0 Å². The summed E-state index contributed by atoms with van der Waals surface area (Å²) in [6.45, 7) is 3.50. The normalized spacial score (nSPS) is 11.3. The Morgan fingerprint density at radius 1 is 1.24 bits per heavy atom. The maximum atomic E-state index is 12.2. The van der Waals surface area contributed by atoms with Crippen LogP contribution in [0.2, 0.25) is 0 Å². The largest absolute Gasteiger partial charge is 0.313 e. The molecular formula is C13H15BrN4O2S. The zero-order valence-corrected chi connectivity index (χ0v) is 13.8. The summed E-state index contributed by atoms with van der Waals surface area (Å²) in [7, 11) is -3.75. The highest BCUT2D eigenvalue weighted by molar-refractivity contribution is 9.10. The first-order valence-corrected chi connectivity index (χ1v) is 8.59. The van der Waals surface area contributed by atoms with Gasteiger partial charge in [-0.05, 0) is 46.2 Å². The van der Waals surface area contributed by atoms with E-state index in [1.807, 2.05) is 6.92 Å². The van der Waals surface area contributed by atoms with Crippen molar-refractivity contribution < 1.29 is 8.42 Å². The quantitative estimate of drug-likeness (QED) is 0.813. The van der Waals surface area contributed by atoms with Gasteiger partial charge in [-0.15, -0.1) is 0 Å². The van der Waals surface area contributed by atoms with Crippen molar-refractivity contribution in [2.24, 2.45) is 0 Å². The van der Waals surface area contributed by atoms with Crippen molar-refractivity contribution >= 4 is 31.8 Å². The van der Waals surface area contributed by atoms with E-state index in [1.165, 1.54) is 12.3 Å². The molecule has 0 bridgehead atoms. The van der Waals surface area contributed by atoms with Gasteiger partial charge < -0.3 is 5.32 Å². The molecule has 0 radical (unpaired) electrons. The number of hydrogen-bond donors (Lipinski definition) is 2. The second-order valence-corrected chi connectivity index (χ2v) is 6.71. The van der Waals surface area contributed by atoms with Crippen LogP contribution in [0.15, 0.2) is 46.2 Å². The first kappa shape index (κ1) is 15.9. The van der Waals surface area contributed by atoms with E-state index in [9.17, 15) is 8.42 Å². The average molecular weight is 371 g/mol. The summed E-state index contributed by atoms with van der Waals surface area (Å²) in [6, 6.07) is 6.62. The molecule has 2 heterocycles. The van der Waals surface area contributed by atoms with Gasteiger partial charge in [0.25, 0.3) is 10.0 Å². The Hall–Kier alpha value is -1.51. The molecule has 0 aliphatic heterocycles. The van der Waals surface area contributed by atoms with E-state index in [1.54, 1.807) is 24.4 Å². The lowest BCUT2D eigenvalue weighted by Gasteiger charge is -2.08. The van der Waals surface area contributed by atoms with Gasteiger partial charge in [-0.2, -0.15) is 8.42 Å². The molecule has 2 N–H and O–H groups in total. The lowest BCUT2D eigenvalue weighted by atomic mass is 10.3. The van der Waals surface area contributed by atoms with Gasteiger partial charge in [-0.3, -0.25) is 4.72 Å². The number of rotatable bonds is 6. The van der Waals surface area contributed by atoms with Gasteiger partial charge in [0.05, 0.1) is 4.47 Å². The van der Waals surface area contributed by atoms with Crippen molar-refractivity contribution in [3.8, 4) is 0 Å². The van der Waals surface area contributed by atoms with E-state index in [0.717, 1.165) is 12.1 Å². The molecule has 2 aromatic heterocycles. The van der Waals surface area contributed by atoms with Crippen LogP contribution in [0.25, 0.3) is 0 Å². The van der Waals surface area contributed by atoms with Crippen LogP contribution in [0.3, 0.4) is 0 Å². The average Bonchev–Trinajstić information content (AvgIpc) is 2.48. The van der Waals surface area contributed by atoms with Gasteiger partial charge in [0.2, 0.25) is 0 Å². The fourth-order valence-corrected chi connectivity index (χ4v) is 3.03. The summed E-state index contributed by atoms with van der Waals surface area (Å²) < 4.78 is 27.4. The van der Waals surface area contributed by atoms with Crippen LogP contribution in [0.4, 0.5) is 5.82 Å². The van der Waals surface area contributed by atoms with E-state index in [2.05, 4.69) is 35.9 Å². The number of pyridine rings is 2. The molecule has 0 atom stereocenters. The van der Waals surface area contributed by atoms with Crippen molar-refractivity contribution in [1.82, 2.24) is 15.3 Å². The van der Waals surface area contributed by atoms with E-state index < -0.39 is 10.0 Å². The summed E-state index contributed by atoms with van der Waals surface area (Å²) in [5.74, 6) is 0.232. The minimum Gasteiger partial charge on any atom is -0.313 e. The minimum absolute atomic E-state index is 0.0414. The van der Waals surface area contributed by atoms with E-state index in [4.69, 9.17) is 0 Å². The molecule has 8 heteroatoms. The highest BCUT2D eigenvalue weighted by Crippen LogP contribution is 2.21. The third-order valence-corrected chi connectivity index (χ3v) is 4.54. The number of sulfonamides is 1. The summed E-state index contributed by atoms with van der Waals surface area (Å²) in [5, 5.41) is 3.11. The highest BCUT2D eigenvalue weighted by Gasteiger charge is 2.17. The van der Waals surface area contributed by atoms with Crippen molar-refractivity contribution in [1.29, 1.82) is 0 Å². The van der Waals surface area contributed by atoms with E-state index >= 15 is 0 Å². The number of anilines is 1. The molecule has 0 aromatic carbocycles. The van der Waals surface area contributed by atoms with Crippen LogP contribution in [-0.2, 0) is 16.6 Å². The first-order chi connectivity index (χ1) is 10.0. The Morgan fingerprint density at radius 3 is 2.67 bits per heavy atom. The zero-order valence-electron chi connectivity index (χ0n) is 11.4. The van der Waals surface area contributed by atoms with E-state index in [0.29, 0.717) is 11.0 Å². The van der Waals surface area contributed by atoms with Gasteiger partial charge in [0.15, 0.2) is 10.8 Å². The minimum atomic E-state index is -3.75. The van der Waals surface area contributed by atoms with Crippen LogP contribution < -0.4 is 10.0 Å². The molecule has 2 rings (SSSR count). The molecule has 6 nitrogen and oxygen atoms in total. The van der Waals surface area contributed by atoms with Crippen LogP contribution >= 0.6 is 15.9 Å². The maximum Gasteiger partial charge on any atom is 0.280 e. The van der Waals surface area contributed by atoms with Gasteiger partial charge in [-0.1, -0.05) is 13.0 Å². The van der Waals surface area contributed by atoms with Gasteiger partial charge in [-0.25, -0.2) is 9.97 Å². The SMILES string of the molecule is CCNCc1ccc(S(=O)(=O)Nc2ncccc2Br)nc1. The number of nitrogens with one attached hydrogen (secondary N) is 2. The molecule has 0 fully saturated rings. The zero-order chi connectivity index (χ0) is 15.3. The van der Waals surface area contributed by atoms with Gasteiger partial charge in [0, 0.05) is 18.9 Å². The molecule has 0 spiro atoms. The fourth-order valence-electron chi connectivity index (χ4n) is 1.58. The third kappa shape index (κ3) is 4.23. The Morgan fingerprint density at radius 2 is 2.05 bits per heavy atom. The summed E-state index contributed by atoms with van der Waals surface area (Å²) in [4.78, 5) is 7.97. The maximum absolute atomic E-state index is 12.2. The van der Waals surface area contributed by atoms with Crippen molar-refractivity contribution in [3.63, 3.8) is 0 Å². The van der Waals surface area contributed by atoms with Crippen LogP contribution in [0.5, 0.6) is 0 Å². The number of nitrogens with zero attached hydrogens (tertiary/aromatic N) is 2. The predicted molar refractivity (Wildman–Crippen MR) is 84.4 cm³/mol. The Bertz CT molecular complexity index is 704. The molecule has 0 aliphatic carbocycles. The van der Waals surface area contributed by atoms with Crippen molar-refractivity contribution in [2.75, 3.05) is 11.3 Å².